The van der Waals surface area contributed by atoms with E-state index < -0.39 is 6.10 Å². The number of para-hydroxylation sites is 2. The Morgan fingerprint density at radius 1 is 1.35 bits per heavy atom. The molecule has 0 spiro atoms. The summed E-state index contributed by atoms with van der Waals surface area (Å²) in [6.45, 7) is 2.10. The number of hydrogen-bond donors (Lipinski definition) is 1. The normalized spacial score (nSPS) is 23.9. The molecule has 3 rings (SSSR count). The summed E-state index contributed by atoms with van der Waals surface area (Å²) in [6, 6.07) is 7.70. The SMILES string of the molecule is CN(C(=O)C1COc2ccccc2O1)[C@H]1CCNC1.Cl. The molecular weight excluding hydrogens is 280 g/mol. The molecule has 2 atom stereocenters. The van der Waals surface area contributed by atoms with Crippen molar-refractivity contribution in [2.75, 3.05) is 26.7 Å². The van der Waals surface area contributed by atoms with Gasteiger partial charge in [0.05, 0.1) is 0 Å². The molecule has 1 aromatic rings. The van der Waals surface area contributed by atoms with Crippen LogP contribution in [-0.2, 0) is 4.79 Å². The Labute approximate surface area is 124 Å². The highest BCUT2D eigenvalue weighted by Gasteiger charge is 2.33. The van der Waals surface area contributed by atoms with Crippen LogP contribution in [0.15, 0.2) is 24.3 Å². The number of nitrogens with zero attached hydrogens (tertiary/aromatic N) is 1. The molecule has 0 radical (unpaired) electrons. The molecule has 2 aliphatic rings. The van der Waals surface area contributed by atoms with E-state index in [1.165, 1.54) is 0 Å². The molecule has 1 N–H and O–H groups in total. The van der Waals surface area contributed by atoms with Gasteiger partial charge in [-0.15, -0.1) is 12.4 Å². The van der Waals surface area contributed by atoms with E-state index in [4.69, 9.17) is 9.47 Å². The maximum atomic E-state index is 12.4. The van der Waals surface area contributed by atoms with Crippen molar-refractivity contribution in [3.63, 3.8) is 0 Å². The number of halogens is 1. The zero-order valence-electron chi connectivity index (χ0n) is 11.4. The van der Waals surface area contributed by atoms with Crippen molar-refractivity contribution >= 4 is 18.3 Å². The molecular formula is C14H19ClN2O3. The van der Waals surface area contributed by atoms with Gasteiger partial charge in [0.25, 0.3) is 5.91 Å². The molecule has 1 aromatic carbocycles. The summed E-state index contributed by atoms with van der Waals surface area (Å²) in [5, 5.41) is 3.26. The van der Waals surface area contributed by atoms with Crippen LogP contribution >= 0.6 is 12.4 Å². The molecule has 20 heavy (non-hydrogen) atoms. The van der Waals surface area contributed by atoms with Gasteiger partial charge in [-0.1, -0.05) is 12.1 Å². The van der Waals surface area contributed by atoms with Crippen molar-refractivity contribution < 1.29 is 14.3 Å². The molecule has 0 bridgehead atoms. The first kappa shape index (κ1) is 14.9. The number of hydrogen-bond acceptors (Lipinski definition) is 4. The summed E-state index contributed by atoms with van der Waals surface area (Å²) in [5.74, 6) is 1.34. The topological polar surface area (TPSA) is 50.8 Å². The number of fused-ring (bicyclic) bond motifs is 1. The summed E-state index contributed by atoms with van der Waals surface area (Å²) in [4.78, 5) is 14.2. The Morgan fingerprint density at radius 2 is 2.10 bits per heavy atom. The van der Waals surface area contributed by atoms with Crippen LogP contribution in [0.4, 0.5) is 0 Å². The van der Waals surface area contributed by atoms with Crippen molar-refractivity contribution in [2.24, 2.45) is 0 Å². The lowest BCUT2D eigenvalue weighted by molar-refractivity contribution is -0.141. The molecule has 2 heterocycles. The highest BCUT2D eigenvalue weighted by atomic mass is 35.5. The predicted octanol–water partition coefficient (Wildman–Crippen LogP) is 1.07. The second-order valence-electron chi connectivity index (χ2n) is 4.96. The zero-order valence-corrected chi connectivity index (χ0v) is 12.2. The van der Waals surface area contributed by atoms with E-state index in [1.807, 2.05) is 31.3 Å². The van der Waals surface area contributed by atoms with Crippen molar-refractivity contribution in [3.8, 4) is 11.5 Å². The maximum absolute atomic E-state index is 12.4. The van der Waals surface area contributed by atoms with Crippen LogP contribution in [-0.4, -0.2) is 49.7 Å². The van der Waals surface area contributed by atoms with Gasteiger partial charge < -0.3 is 19.7 Å². The Bertz CT molecular complexity index is 477. The number of rotatable bonds is 2. The zero-order chi connectivity index (χ0) is 13.2. The summed E-state index contributed by atoms with van der Waals surface area (Å²) in [6.07, 6.45) is 0.451. The number of ether oxygens (including phenoxy) is 2. The van der Waals surface area contributed by atoms with Crippen LogP contribution in [0.3, 0.4) is 0 Å². The van der Waals surface area contributed by atoms with Crippen molar-refractivity contribution in [1.29, 1.82) is 0 Å². The van der Waals surface area contributed by atoms with Gasteiger partial charge in [-0.3, -0.25) is 4.79 Å². The molecule has 0 aromatic heterocycles. The van der Waals surface area contributed by atoms with Gasteiger partial charge in [0.15, 0.2) is 11.5 Å². The van der Waals surface area contributed by atoms with E-state index in [9.17, 15) is 4.79 Å². The highest BCUT2D eigenvalue weighted by molar-refractivity contribution is 5.85. The maximum Gasteiger partial charge on any atom is 0.267 e. The fraction of sp³-hybridized carbons (Fsp3) is 0.500. The first-order valence-electron chi connectivity index (χ1n) is 6.61. The van der Waals surface area contributed by atoms with Gasteiger partial charge in [-0.2, -0.15) is 0 Å². The van der Waals surface area contributed by atoms with E-state index in [0.29, 0.717) is 11.5 Å². The molecule has 0 saturated carbocycles. The Balaban J connectivity index is 0.00000147. The van der Waals surface area contributed by atoms with Gasteiger partial charge in [0.1, 0.15) is 6.61 Å². The van der Waals surface area contributed by atoms with E-state index in [1.54, 1.807) is 4.90 Å². The molecule has 1 unspecified atom stereocenters. The Morgan fingerprint density at radius 3 is 2.80 bits per heavy atom. The van der Waals surface area contributed by atoms with Crippen molar-refractivity contribution in [3.05, 3.63) is 24.3 Å². The lowest BCUT2D eigenvalue weighted by Gasteiger charge is -2.31. The molecule has 110 valence electrons. The number of carbonyl (C=O) groups excluding carboxylic acids is 1. The monoisotopic (exact) mass is 298 g/mol. The van der Waals surface area contributed by atoms with E-state index >= 15 is 0 Å². The number of benzene rings is 1. The third-order valence-electron chi connectivity index (χ3n) is 3.71. The average molecular weight is 299 g/mol. The summed E-state index contributed by atoms with van der Waals surface area (Å²) < 4.78 is 11.3. The molecule has 1 amide bonds. The van der Waals surface area contributed by atoms with Crippen molar-refractivity contribution in [2.45, 2.75) is 18.6 Å². The smallest absolute Gasteiger partial charge is 0.267 e. The van der Waals surface area contributed by atoms with E-state index in [-0.39, 0.29) is 31.0 Å². The van der Waals surface area contributed by atoms with Crippen LogP contribution in [0.2, 0.25) is 0 Å². The number of nitrogens with one attached hydrogen (secondary N) is 1. The molecule has 6 heteroatoms. The fourth-order valence-electron chi connectivity index (χ4n) is 2.52. The lowest BCUT2D eigenvalue weighted by Crippen LogP contribution is -2.49. The van der Waals surface area contributed by atoms with Crippen molar-refractivity contribution in [1.82, 2.24) is 10.2 Å². The average Bonchev–Trinajstić information content (AvgIpc) is 2.99. The molecule has 5 nitrogen and oxygen atoms in total. The molecule has 1 fully saturated rings. The highest BCUT2D eigenvalue weighted by Crippen LogP contribution is 2.31. The summed E-state index contributed by atoms with van der Waals surface area (Å²) in [7, 11) is 1.84. The molecule has 1 saturated heterocycles. The molecule has 2 aliphatic heterocycles. The van der Waals surface area contributed by atoms with Gasteiger partial charge in [0.2, 0.25) is 6.10 Å². The third-order valence-corrected chi connectivity index (χ3v) is 3.71. The fourth-order valence-corrected chi connectivity index (χ4v) is 2.52. The number of likely N-dealkylation sites (N-methyl/N-ethyl adjacent to an activating group) is 1. The Hall–Kier alpha value is -1.46. The van der Waals surface area contributed by atoms with E-state index in [0.717, 1.165) is 19.5 Å². The largest absolute Gasteiger partial charge is 0.485 e. The number of carbonyl (C=O) groups is 1. The second kappa shape index (κ2) is 6.33. The Kier molecular flexibility index (Phi) is 4.73. The first-order chi connectivity index (χ1) is 9.25. The minimum Gasteiger partial charge on any atom is -0.485 e. The van der Waals surface area contributed by atoms with Gasteiger partial charge in [-0.25, -0.2) is 0 Å². The number of amides is 1. The van der Waals surface area contributed by atoms with Gasteiger partial charge in [-0.05, 0) is 25.1 Å². The van der Waals surface area contributed by atoms with Crippen LogP contribution in [0, 0.1) is 0 Å². The van der Waals surface area contributed by atoms with Crippen LogP contribution in [0.1, 0.15) is 6.42 Å². The van der Waals surface area contributed by atoms with Gasteiger partial charge >= 0.3 is 0 Å². The lowest BCUT2D eigenvalue weighted by atomic mass is 10.2. The van der Waals surface area contributed by atoms with E-state index in [2.05, 4.69) is 5.32 Å². The standard InChI is InChI=1S/C14H18N2O3.ClH/c1-16(10-6-7-15-8-10)14(17)13-9-18-11-4-2-3-5-12(11)19-13;/h2-5,10,13,15H,6-9H2,1H3;1H/t10-,13?;/m0./s1. The van der Waals surface area contributed by atoms with Crippen LogP contribution in [0.25, 0.3) is 0 Å². The molecule has 0 aliphatic carbocycles. The second-order valence-corrected chi connectivity index (χ2v) is 4.96. The summed E-state index contributed by atoms with van der Waals surface area (Å²) >= 11 is 0. The van der Waals surface area contributed by atoms with Crippen LogP contribution < -0.4 is 14.8 Å². The quantitative estimate of drug-likeness (QED) is 0.887. The van der Waals surface area contributed by atoms with Crippen LogP contribution in [0.5, 0.6) is 11.5 Å². The van der Waals surface area contributed by atoms with Gasteiger partial charge in [0, 0.05) is 19.6 Å². The predicted molar refractivity (Wildman–Crippen MR) is 77.6 cm³/mol. The third kappa shape index (κ3) is 2.83. The summed E-state index contributed by atoms with van der Waals surface area (Å²) in [5.41, 5.74) is 0. The minimum atomic E-state index is -0.541. The first-order valence-corrected chi connectivity index (χ1v) is 6.61. The minimum absolute atomic E-state index is 0.